The van der Waals surface area contributed by atoms with Crippen LogP contribution in [-0.4, -0.2) is 26.8 Å². The molecule has 27 heavy (non-hydrogen) atoms. The molecule has 0 spiro atoms. The number of ether oxygens (including phenoxy) is 3. The monoisotopic (exact) mass is 375 g/mol. The fourth-order valence-corrected chi connectivity index (χ4v) is 2.98. The molecule has 0 bridgehead atoms. The molecule has 2 aromatic rings. The van der Waals surface area contributed by atoms with Gasteiger partial charge in [-0.25, -0.2) is 9.18 Å². The van der Waals surface area contributed by atoms with Gasteiger partial charge in [0.25, 0.3) is 0 Å². The van der Waals surface area contributed by atoms with Crippen molar-refractivity contribution in [1.29, 1.82) is 0 Å². The van der Waals surface area contributed by atoms with E-state index in [9.17, 15) is 9.18 Å². The summed E-state index contributed by atoms with van der Waals surface area (Å²) < 4.78 is 29.1. The Kier molecular flexibility index (Phi) is 7.19. The van der Waals surface area contributed by atoms with Gasteiger partial charge in [0.05, 0.1) is 14.2 Å². The smallest absolute Gasteiger partial charge is 0.343 e. The van der Waals surface area contributed by atoms with E-state index in [4.69, 9.17) is 9.47 Å². The average molecular weight is 375 g/mol. The molecule has 0 aliphatic heterocycles. The second kappa shape index (κ2) is 9.37. The van der Waals surface area contributed by atoms with E-state index in [1.165, 1.54) is 19.2 Å². The lowest BCUT2D eigenvalue weighted by Crippen LogP contribution is -2.19. The van der Waals surface area contributed by atoms with Crippen LogP contribution in [-0.2, 0) is 16.1 Å². The van der Waals surface area contributed by atoms with Crippen LogP contribution < -0.4 is 14.8 Å². The Bertz CT molecular complexity index is 784. The number of benzene rings is 2. The number of esters is 1. The Morgan fingerprint density at radius 3 is 2.41 bits per heavy atom. The second-order valence-corrected chi connectivity index (χ2v) is 6.41. The lowest BCUT2D eigenvalue weighted by atomic mass is 10.0. The number of aryl methyl sites for hydroxylation is 2. The zero-order valence-corrected chi connectivity index (χ0v) is 16.4. The predicted molar refractivity (Wildman–Crippen MR) is 102 cm³/mol. The SMILES string of the molecule is COC(=O)COc1c(C)cc(CNC(C)c2cc(F)ccc2OC)cc1C. The summed E-state index contributed by atoms with van der Waals surface area (Å²) in [5.74, 6) is 0.620. The van der Waals surface area contributed by atoms with Crippen molar-refractivity contribution < 1.29 is 23.4 Å². The van der Waals surface area contributed by atoms with E-state index < -0.39 is 5.97 Å². The Morgan fingerprint density at radius 2 is 1.81 bits per heavy atom. The lowest BCUT2D eigenvalue weighted by Gasteiger charge is -2.19. The Hall–Kier alpha value is -2.60. The average Bonchev–Trinajstić information content (AvgIpc) is 2.65. The van der Waals surface area contributed by atoms with Crippen LogP contribution in [0.1, 0.15) is 35.2 Å². The fourth-order valence-electron chi connectivity index (χ4n) is 2.98. The van der Waals surface area contributed by atoms with Gasteiger partial charge in [-0.15, -0.1) is 0 Å². The van der Waals surface area contributed by atoms with Crippen molar-refractivity contribution in [1.82, 2.24) is 5.32 Å². The van der Waals surface area contributed by atoms with Crippen LogP contribution in [0.3, 0.4) is 0 Å². The largest absolute Gasteiger partial charge is 0.496 e. The summed E-state index contributed by atoms with van der Waals surface area (Å²) in [6.07, 6.45) is 0. The number of hydrogen-bond acceptors (Lipinski definition) is 5. The zero-order valence-electron chi connectivity index (χ0n) is 16.4. The highest BCUT2D eigenvalue weighted by Crippen LogP contribution is 2.28. The van der Waals surface area contributed by atoms with E-state index in [1.807, 2.05) is 32.9 Å². The Labute approximate surface area is 159 Å². The Balaban J connectivity index is 2.08. The molecule has 5 nitrogen and oxygen atoms in total. The van der Waals surface area contributed by atoms with E-state index in [1.54, 1.807) is 13.2 Å². The van der Waals surface area contributed by atoms with Crippen LogP contribution in [0.4, 0.5) is 4.39 Å². The molecule has 1 atom stereocenters. The molecule has 2 aromatic carbocycles. The van der Waals surface area contributed by atoms with Gasteiger partial charge in [0, 0.05) is 18.2 Å². The molecule has 0 aliphatic rings. The van der Waals surface area contributed by atoms with Gasteiger partial charge in [-0.05, 0) is 55.7 Å². The molecule has 0 fully saturated rings. The van der Waals surface area contributed by atoms with Gasteiger partial charge in [0.2, 0.25) is 0 Å². The molecule has 0 heterocycles. The molecule has 0 saturated heterocycles. The van der Waals surface area contributed by atoms with Crippen molar-refractivity contribution in [3.05, 3.63) is 58.4 Å². The van der Waals surface area contributed by atoms with Crippen molar-refractivity contribution in [2.75, 3.05) is 20.8 Å². The summed E-state index contributed by atoms with van der Waals surface area (Å²) in [6, 6.07) is 8.41. The van der Waals surface area contributed by atoms with E-state index in [0.717, 1.165) is 22.3 Å². The summed E-state index contributed by atoms with van der Waals surface area (Å²) in [4.78, 5) is 11.3. The van der Waals surface area contributed by atoms with Gasteiger partial charge in [-0.1, -0.05) is 12.1 Å². The van der Waals surface area contributed by atoms with E-state index >= 15 is 0 Å². The van der Waals surface area contributed by atoms with Gasteiger partial charge < -0.3 is 19.5 Å². The summed E-state index contributed by atoms with van der Waals surface area (Å²) in [7, 11) is 2.90. The normalized spacial score (nSPS) is 11.8. The van der Waals surface area contributed by atoms with E-state index in [0.29, 0.717) is 18.0 Å². The third kappa shape index (κ3) is 5.44. The molecule has 1 unspecified atom stereocenters. The number of halogens is 1. The van der Waals surface area contributed by atoms with Gasteiger partial charge in [-0.3, -0.25) is 0 Å². The summed E-state index contributed by atoms with van der Waals surface area (Å²) in [5, 5.41) is 3.39. The molecular formula is C21H26FNO4. The van der Waals surface area contributed by atoms with Gasteiger partial charge in [0.1, 0.15) is 17.3 Å². The minimum atomic E-state index is -0.419. The molecule has 146 valence electrons. The van der Waals surface area contributed by atoms with Gasteiger partial charge in [-0.2, -0.15) is 0 Å². The molecule has 0 radical (unpaired) electrons. The molecule has 0 amide bonds. The number of nitrogens with one attached hydrogen (secondary N) is 1. The molecule has 1 N–H and O–H groups in total. The maximum Gasteiger partial charge on any atom is 0.343 e. The van der Waals surface area contributed by atoms with E-state index in [2.05, 4.69) is 10.1 Å². The number of carbonyl (C=O) groups excluding carboxylic acids is 1. The molecule has 0 saturated carbocycles. The van der Waals surface area contributed by atoms with Crippen LogP contribution in [0.5, 0.6) is 11.5 Å². The highest BCUT2D eigenvalue weighted by atomic mass is 19.1. The molecular weight excluding hydrogens is 349 g/mol. The third-order valence-corrected chi connectivity index (χ3v) is 4.35. The first kappa shape index (κ1) is 20.7. The number of rotatable bonds is 8. The second-order valence-electron chi connectivity index (χ2n) is 6.41. The first-order valence-electron chi connectivity index (χ1n) is 8.72. The third-order valence-electron chi connectivity index (χ3n) is 4.35. The summed E-state index contributed by atoms with van der Waals surface area (Å²) in [6.45, 7) is 6.31. The quantitative estimate of drug-likeness (QED) is 0.710. The highest BCUT2D eigenvalue weighted by molar-refractivity contribution is 5.71. The minimum Gasteiger partial charge on any atom is -0.496 e. The molecule has 6 heteroatoms. The first-order chi connectivity index (χ1) is 12.8. The fraction of sp³-hybridized carbons (Fsp3) is 0.381. The van der Waals surface area contributed by atoms with Crippen LogP contribution in [0.25, 0.3) is 0 Å². The minimum absolute atomic E-state index is 0.0912. The van der Waals surface area contributed by atoms with Crippen LogP contribution in [0, 0.1) is 19.7 Å². The Morgan fingerprint density at radius 1 is 1.15 bits per heavy atom. The molecule has 0 aliphatic carbocycles. The van der Waals surface area contributed by atoms with Crippen molar-refractivity contribution in [2.24, 2.45) is 0 Å². The number of methoxy groups -OCH3 is 2. The van der Waals surface area contributed by atoms with Gasteiger partial charge >= 0.3 is 5.97 Å². The summed E-state index contributed by atoms with van der Waals surface area (Å²) in [5.41, 5.74) is 3.71. The van der Waals surface area contributed by atoms with Crippen molar-refractivity contribution >= 4 is 5.97 Å². The zero-order chi connectivity index (χ0) is 20.0. The first-order valence-corrected chi connectivity index (χ1v) is 8.72. The summed E-state index contributed by atoms with van der Waals surface area (Å²) >= 11 is 0. The molecule has 0 aromatic heterocycles. The standard InChI is InChI=1S/C21H26FNO4/c1-13-8-16(9-14(2)21(13)27-12-20(24)26-5)11-23-15(3)18-10-17(22)6-7-19(18)25-4/h6-10,15,23H,11-12H2,1-5H3. The van der Waals surface area contributed by atoms with Crippen molar-refractivity contribution in [3.8, 4) is 11.5 Å². The van der Waals surface area contributed by atoms with Crippen LogP contribution >= 0.6 is 0 Å². The topological polar surface area (TPSA) is 56.8 Å². The van der Waals surface area contributed by atoms with Crippen molar-refractivity contribution in [2.45, 2.75) is 33.4 Å². The maximum atomic E-state index is 13.6. The van der Waals surface area contributed by atoms with Gasteiger partial charge in [0.15, 0.2) is 6.61 Å². The lowest BCUT2D eigenvalue weighted by molar-refractivity contribution is -0.142. The van der Waals surface area contributed by atoms with Crippen LogP contribution in [0.15, 0.2) is 30.3 Å². The van der Waals surface area contributed by atoms with Crippen LogP contribution in [0.2, 0.25) is 0 Å². The van der Waals surface area contributed by atoms with E-state index in [-0.39, 0.29) is 18.5 Å². The number of hydrogen-bond donors (Lipinski definition) is 1. The highest BCUT2D eigenvalue weighted by Gasteiger charge is 2.14. The maximum absolute atomic E-state index is 13.6. The number of carbonyl (C=O) groups is 1. The predicted octanol–water partition coefficient (Wildman–Crippen LogP) is 3.85. The molecule has 2 rings (SSSR count). The van der Waals surface area contributed by atoms with Crippen molar-refractivity contribution in [3.63, 3.8) is 0 Å².